The molecule has 0 amide bonds. The van der Waals surface area contributed by atoms with Gasteiger partial charge < -0.3 is 5.32 Å². The molecular formula is C12H21N3. The number of hydrogen-bond acceptors (Lipinski definition) is 2. The summed E-state index contributed by atoms with van der Waals surface area (Å²) in [7, 11) is 0. The largest absolute Gasteiger partial charge is 0.314 e. The lowest BCUT2D eigenvalue weighted by Gasteiger charge is -2.03. The van der Waals surface area contributed by atoms with Crippen molar-refractivity contribution in [2.45, 2.75) is 51.6 Å². The highest BCUT2D eigenvalue weighted by Gasteiger charge is 2.19. The van der Waals surface area contributed by atoms with Gasteiger partial charge in [-0.25, -0.2) is 0 Å². The van der Waals surface area contributed by atoms with Gasteiger partial charge in [0.05, 0.1) is 6.20 Å². The molecule has 1 aliphatic rings. The Bertz CT molecular complexity index is 289. The van der Waals surface area contributed by atoms with E-state index in [1.54, 1.807) is 0 Å². The summed E-state index contributed by atoms with van der Waals surface area (Å²) in [6.45, 7) is 4.35. The van der Waals surface area contributed by atoms with Crippen molar-refractivity contribution in [3.05, 3.63) is 18.0 Å². The molecule has 0 aliphatic heterocycles. The Morgan fingerprint density at radius 2 is 2.27 bits per heavy atom. The molecule has 0 atom stereocenters. The van der Waals surface area contributed by atoms with Crippen LogP contribution in [0, 0.1) is 6.92 Å². The monoisotopic (exact) mass is 207 g/mol. The summed E-state index contributed by atoms with van der Waals surface area (Å²) in [5, 5.41) is 7.81. The molecule has 1 aromatic heterocycles. The van der Waals surface area contributed by atoms with Gasteiger partial charge in [0.25, 0.3) is 0 Å². The van der Waals surface area contributed by atoms with Crippen LogP contribution in [0.1, 0.15) is 37.7 Å². The molecule has 1 aromatic rings. The average molecular weight is 207 g/mol. The van der Waals surface area contributed by atoms with Crippen molar-refractivity contribution in [2.24, 2.45) is 0 Å². The minimum atomic E-state index is 0.860. The fourth-order valence-electron chi connectivity index (χ4n) is 1.76. The Hall–Kier alpha value is -0.830. The Labute approximate surface area is 91.9 Å². The molecule has 0 bridgehead atoms. The lowest BCUT2D eigenvalue weighted by atomic mass is 10.2. The van der Waals surface area contributed by atoms with Crippen molar-refractivity contribution in [1.29, 1.82) is 0 Å². The summed E-state index contributed by atoms with van der Waals surface area (Å²) >= 11 is 0. The first-order valence-corrected chi connectivity index (χ1v) is 6.07. The van der Waals surface area contributed by atoms with E-state index in [1.165, 1.54) is 44.2 Å². The maximum absolute atomic E-state index is 4.27. The van der Waals surface area contributed by atoms with Gasteiger partial charge in [0.1, 0.15) is 0 Å². The number of unbranched alkanes of at least 4 members (excludes halogenated alkanes) is 2. The maximum atomic E-state index is 4.27. The van der Waals surface area contributed by atoms with E-state index in [4.69, 9.17) is 0 Å². The summed E-state index contributed by atoms with van der Waals surface area (Å²) < 4.78 is 2.05. The predicted molar refractivity (Wildman–Crippen MR) is 61.8 cm³/mol. The van der Waals surface area contributed by atoms with E-state index in [0.717, 1.165) is 12.6 Å². The first-order chi connectivity index (χ1) is 7.34. The summed E-state index contributed by atoms with van der Waals surface area (Å²) in [4.78, 5) is 0. The van der Waals surface area contributed by atoms with E-state index in [1.807, 2.05) is 10.9 Å². The molecule has 0 unspecified atom stereocenters. The van der Waals surface area contributed by atoms with Gasteiger partial charge in [0, 0.05) is 18.8 Å². The van der Waals surface area contributed by atoms with Gasteiger partial charge >= 0.3 is 0 Å². The highest BCUT2D eigenvalue weighted by molar-refractivity contribution is 4.99. The van der Waals surface area contributed by atoms with Gasteiger partial charge in [-0.3, -0.25) is 4.68 Å². The third-order valence-electron chi connectivity index (χ3n) is 2.84. The Kier molecular flexibility index (Phi) is 3.78. The van der Waals surface area contributed by atoms with Gasteiger partial charge in [0.15, 0.2) is 0 Å². The molecule has 0 spiro atoms. The molecule has 0 saturated heterocycles. The van der Waals surface area contributed by atoms with E-state index in [2.05, 4.69) is 23.5 Å². The van der Waals surface area contributed by atoms with Crippen LogP contribution in [0.2, 0.25) is 0 Å². The molecular weight excluding hydrogens is 186 g/mol. The zero-order chi connectivity index (χ0) is 10.5. The second-order valence-corrected chi connectivity index (χ2v) is 4.57. The third kappa shape index (κ3) is 4.04. The number of aromatic nitrogens is 2. The van der Waals surface area contributed by atoms with Crippen LogP contribution in [0.15, 0.2) is 12.4 Å². The highest BCUT2D eigenvalue weighted by Crippen LogP contribution is 2.18. The molecule has 1 saturated carbocycles. The van der Waals surface area contributed by atoms with Gasteiger partial charge in [-0.05, 0) is 44.7 Å². The summed E-state index contributed by atoms with van der Waals surface area (Å²) in [6.07, 6.45) is 10.7. The molecule has 1 fully saturated rings. The number of rotatable bonds is 7. The molecule has 15 heavy (non-hydrogen) atoms. The summed E-state index contributed by atoms with van der Waals surface area (Å²) in [6, 6.07) is 0.860. The highest BCUT2D eigenvalue weighted by atomic mass is 15.3. The first-order valence-electron chi connectivity index (χ1n) is 6.07. The maximum Gasteiger partial charge on any atom is 0.0518 e. The van der Waals surface area contributed by atoms with Crippen LogP contribution < -0.4 is 5.32 Å². The van der Waals surface area contributed by atoms with Crippen molar-refractivity contribution in [2.75, 3.05) is 6.54 Å². The lowest BCUT2D eigenvalue weighted by Crippen LogP contribution is -2.17. The quantitative estimate of drug-likeness (QED) is 0.694. The van der Waals surface area contributed by atoms with Crippen molar-refractivity contribution in [3.63, 3.8) is 0 Å². The molecule has 3 nitrogen and oxygen atoms in total. The molecule has 0 aromatic carbocycles. The molecule has 1 aliphatic carbocycles. The average Bonchev–Trinajstić information content (AvgIpc) is 2.95. The van der Waals surface area contributed by atoms with Crippen molar-refractivity contribution in [1.82, 2.24) is 15.1 Å². The third-order valence-corrected chi connectivity index (χ3v) is 2.84. The molecule has 0 radical (unpaired) electrons. The van der Waals surface area contributed by atoms with Gasteiger partial charge in [-0.2, -0.15) is 5.10 Å². The number of nitrogens with zero attached hydrogens (tertiary/aromatic N) is 2. The second-order valence-electron chi connectivity index (χ2n) is 4.57. The van der Waals surface area contributed by atoms with E-state index in [-0.39, 0.29) is 0 Å². The molecule has 84 valence electrons. The predicted octanol–water partition coefficient (Wildman–Crippen LogP) is 2.11. The SMILES string of the molecule is Cc1cnn(CCCCCNC2CC2)c1. The zero-order valence-corrected chi connectivity index (χ0v) is 9.58. The van der Waals surface area contributed by atoms with Gasteiger partial charge in [-0.1, -0.05) is 6.42 Å². The summed E-state index contributed by atoms with van der Waals surface area (Å²) in [5.74, 6) is 0. The molecule has 3 heteroatoms. The van der Waals surface area contributed by atoms with E-state index in [9.17, 15) is 0 Å². The first kappa shape index (κ1) is 10.7. The number of aryl methyl sites for hydroxylation is 2. The standard InChI is InChI=1S/C12H21N3/c1-11-9-14-15(10-11)8-4-2-3-7-13-12-5-6-12/h9-10,12-13H,2-8H2,1H3. The van der Waals surface area contributed by atoms with Crippen molar-refractivity contribution < 1.29 is 0 Å². The van der Waals surface area contributed by atoms with Crippen molar-refractivity contribution in [3.8, 4) is 0 Å². The summed E-state index contributed by atoms with van der Waals surface area (Å²) in [5.41, 5.74) is 1.26. The number of hydrogen-bond donors (Lipinski definition) is 1. The lowest BCUT2D eigenvalue weighted by molar-refractivity contribution is 0.528. The van der Waals surface area contributed by atoms with Crippen LogP contribution in [0.4, 0.5) is 0 Å². The van der Waals surface area contributed by atoms with E-state index >= 15 is 0 Å². The fourth-order valence-corrected chi connectivity index (χ4v) is 1.76. The van der Waals surface area contributed by atoms with Crippen LogP contribution in [0.5, 0.6) is 0 Å². The topological polar surface area (TPSA) is 29.9 Å². The van der Waals surface area contributed by atoms with Crippen molar-refractivity contribution >= 4 is 0 Å². The van der Waals surface area contributed by atoms with Crippen LogP contribution in [-0.4, -0.2) is 22.4 Å². The van der Waals surface area contributed by atoms with Crippen LogP contribution in [-0.2, 0) is 6.54 Å². The fraction of sp³-hybridized carbons (Fsp3) is 0.750. The van der Waals surface area contributed by atoms with Crippen LogP contribution in [0.25, 0.3) is 0 Å². The molecule has 1 heterocycles. The second kappa shape index (κ2) is 5.31. The van der Waals surface area contributed by atoms with Crippen LogP contribution in [0.3, 0.4) is 0 Å². The Morgan fingerprint density at radius 3 is 2.93 bits per heavy atom. The van der Waals surface area contributed by atoms with Gasteiger partial charge in [0.2, 0.25) is 0 Å². The smallest absolute Gasteiger partial charge is 0.0518 e. The van der Waals surface area contributed by atoms with Crippen LogP contribution >= 0.6 is 0 Å². The Morgan fingerprint density at radius 1 is 1.40 bits per heavy atom. The van der Waals surface area contributed by atoms with E-state index in [0.29, 0.717) is 0 Å². The minimum Gasteiger partial charge on any atom is -0.314 e. The molecule has 2 rings (SSSR count). The minimum absolute atomic E-state index is 0.860. The molecule has 1 N–H and O–H groups in total. The van der Waals surface area contributed by atoms with E-state index < -0.39 is 0 Å². The zero-order valence-electron chi connectivity index (χ0n) is 9.58. The van der Waals surface area contributed by atoms with Gasteiger partial charge in [-0.15, -0.1) is 0 Å². The Balaban J connectivity index is 1.47. The normalized spacial score (nSPS) is 15.8. The number of nitrogens with one attached hydrogen (secondary N) is 1.